The molecule has 0 amide bonds. The van der Waals surface area contributed by atoms with Gasteiger partial charge in [0.2, 0.25) is 0 Å². The Morgan fingerprint density at radius 3 is 2.56 bits per heavy atom. The molecule has 0 aliphatic carbocycles. The third kappa shape index (κ3) is 5.17. The summed E-state index contributed by atoms with van der Waals surface area (Å²) in [6.07, 6.45) is 8.82. The fourth-order valence-corrected chi connectivity index (χ4v) is 2.12. The Bertz CT molecular complexity index is 323. The van der Waals surface area contributed by atoms with Gasteiger partial charge in [0.1, 0.15) is 0 Å². The van der Waals surface area contributed by atoms with Crippen molar-refractivity contribution in [1.82, 2.24) is 0 Å². The maximum atomic E-state index is 12.1. The highest BCUT2D eigenvalue weighted by Gasteiger charge is 2.42. The van der Waals surface area contributed by atoms with Gasteiger partial charge in [0, 0.05) is 6.42 Å². The van der Waals surface area contributed by atoms with Gasteiger partial charge in [0.25, 0.3) is 0 Å². The van der Waals surface area contributed by atoms with Crippen molar-refractivity contribution in [3.63, 3.8) is 0 Å². The second kappa shape index (κ2) is 9.09. The van der Waals surface area contributed by atoms with Gasteiger partial charge in [-0.1, -0.05) is 41.1 Å². The highest BCUT2D eigenvalue weighted by Crippen LogP contribution is 2.28. The van der Waals surface area contributed by atoms with Gasteiger partial charge in [-0.05, 0) is 25.7 Å². The van der Waals surface area contributed by atoms with E-state index in [4.69, 9.17) is 0 Å². The van der Waals surface area contributed by atoms with E-state index < -0.39 is 10.3 Å². The van der Waals surface area contributed by atoms with Gasteiger partial charge >= 0.3 is 5.97 Å². The smallest absolute Gasteiger partial charge is 0.330 e. The molecule has 102 valence electrons. The number of hydrogen-bond acceptors (Lipinski definition) is 3. The van der Waals surface area contributed by atoms with E-state index in [1.54, 1.807) is 6.08 Å². The Labute approximate surface area is 117 Å². The summed E-state index contributed by atoms with van der Waals surface area (Å²) in [5.74, 6) is -0.712. The Morgan fingerprint density at radius 1 is 1.39 bits per heavy atom. The molecule has 0 spiro atoms. The van der Waals surface area contributed by atoms with Crippen LogP contribution >= 0.6 is 15.9 Å². The van der Waals surface area contributed by atoms with E-state index in [9.17, 15) is 9.59 Å². The Kier molecular flexibility index (Phi) is 8.63. The number of rotatable bonds is 9. The van der Waals surface area contributed by atoms with E-state index in [2.05, 4.69) is 46.3 Å². The molecule has 0 aromatic rings. The quantitative estimate of drug-likeness (QED) is 0.215. The molecule has 0 aromatic carbocycles. The molecule has 1 unspecified atom stereocenters. The van der Waals surface area contributed by atoms with Crippen LogP contribution in [-0.2, 0) is 14.3 Å². The van der Waals surface area contributed by atoms with Crippen molar-refractivity contribution in [1.29, 1.82) is 0 Å². The molecule has 1 atom stereocenters. The second-order valence-electron chi connectivity index (χ2n) is 3.98. The van der Waals surface area contributed by atoms with Crippen LogP contribution in [0.1, 0.15) is 39.0 Å². The minimum Gasteiger partial charge on any atom is -0.468 e. The molecule has 0 saturated heterocycles. The van der Waals surface area contributed by atoms with Gasteiger partial charge in [-0.3, -0.25) is 9.59 Å². The number of carbonyl (C=O) groups is 2. The van der Waals surface area contributed by atoms with Crippen LogP contribution in [0.25, 0.3) is 0 Å². The van der Waals surface area contributed by atoms with Crippen LogP contribution in [-0.4, -0.2) is 23.2 Å². The number of alkyl halides is 1. The van der Waals surface area contributed by atoms with E-state index in [0.29, 0.717) is 6.42 Å². The largest absolute Gasteiger partial charge is 0.468 e. The first kappa shape index (κ1) is 17.1. The van der Waals surface area contributed by atoms with E-state index in [1.165, 1.54) is 7.11 Å². The molecular weight excluding hydrogens is 296 g/mol. The van der Waals surface area contributed by atoms with Crippen LogP contribution < -0.4 is 0 Å². The van der Waals surface area contributed by atoms with Crippen LogP contribution in [0.5, 0.6) is 0 Å². The summed E-state index contributed by atoms with van der Waals surface area (Å²) in [6, 6.07) is 0. The minimum absolute atomic E-state index is 0.154. The summed E-state index contributed by atoms with van der Waals surface area (Å²) in [6.45, 7) is 5.63. The van der Waals surface area contributed by atoms with Crippen LogP contribution in [0, 0.1) is 0 Å². The topological polar surface area (TPSA) is 43.4 Å². The maximum absolute atomic E-state index is 12.1. The average molecular weight is 317 g/mol. The standard InChI is InChI=1S/C14H21BrO3/c1-4-6-7-8-9-10-12(16)14(15,11-5-2)13(17)18-3/h5-7H,2,4,8-11H2,1,3H3/b7-6-. The van der Waals surface area contributed by atoms with Crippen LogP contribution in [0.4, 0.5) is 0 Å². The number of ether oxygens (including phenoxy) is 1. The zero-order valence-electron chi connectivity index (χ0n) is 11.1. The number of Topliss-reactive ketones (excluding diaryl/α,β-unsaturated/α-hetero) is 1. The molecule has 0 aliphatic rings. The van der Waals surface area contributed by atoms with Gasteiger partial charge in [-0.15, -0.1) is 6.58 Å². The third-order valence-electron chi connectivity index (χ3n) is 2.55. The normalized spacial score (nSPS) is 14.2. The van der Waals surface area contributed by atoms with Crippen molar-refractivity contribution in [3.8, 4) is 0 Å². The molecule has 3 nitrogen and oxygen atoms in total. The number of ketones is 1. The first-order valence-electron chi connectivity index (χ1n) is 6.09. The molecule has 0 N–H and O–H groups in total. The lowest BCUT2D eigenvalue weighted by Gasteiger charge is -2.21. The van der Waals surface area contributed by atoms with Gasteiger partial charge < -0.3 is 4.74 Å². The van der Waals surface area contributed by atoms with Crippen molar-refractivity contribution in [2.75, 3.05) is 7.11 Å². The van der Waals surface area contributed by atoms with E-state index >= 15 is 0 Å². The monoisotopic (exact) mass is 316 g/mol. The highest BCUT2D eigenvalue weighted by atomic mass is 79.9. The summed E-state index contributed by atoms with van der Waals surface area (Å²) in [7, 11) is 1.28. The van der Waals surface area contributed by atoms with E-state index in [1.807, 2.05) is 0 Å². The van der Waals surface area contributed by atoms with E-state index in [0.717, 1.165) is 19.3 Å². The Balaban J connectivity index is 4.44. The number of carbonyl (C=O) groups excluding carboxylic acids is 2. The molecule has 0 rings (SSSR count). The number of esters is 1. The zero-order chi connectivity index (χ0) is 14.0. The van der Waals surface area contributed by atoms with Gasteiger partial charge in [0.15, 0.2) is 10.1 Å². The zero-order valence-corrected chi connectivity index (χ0v) is 12.7. The summed E-state index contributed by atoms with van der Waals surface area (Å²) in [5.41, 5.74) is 0. The van der Waals surface area contributed by atoms with Crippen molar-refractivity contribution in [2.45, 2.75) is 43.4 Å². The predicted octanol–water partition coefficient (Wildman–Crippen LogP) is 3.57. The Hall–Kier alpha value is -0.900. The number of hydrogen-bond donors (Lipinski definition) is 0. The second-order valence-corrected chi connectivity index (χ2v) is 5.33. The number of allylic oxidation sites excluding steroid dienone is 3. The molecule has 0 fully saturated rings. The number of unbranched alkanes of at least 4 members (excludes halogenated alkanes) is 1. The first-order chi connectivity index (χ1) is 8.52. The van der Waals surface area contributed by atoms with Crippen molar-refractivity contribution >= 4 is 27.7 Å². The van der Waals surface area contributed by atoms with Crippen LogP contribution in [0.15, 0.2) is 24.8 Å². The maximum Gasteiger partial charge on any atom is 0.330 e. The molecule has 0 saturated carbocycles. The lowest BCUT2D eigenvalue weighted by molar-refractivity contribution is -0.146. The van der Waals surface area contributed by atoms with Crippen molar-refractivity contribution in [2.24, 2.45) is 0 Å². The summed E-state index contributed by atoms with van der Waals surface area (Å²) >= 11 is 3.21. The average Bonchev–Trinajstić information content (AvgIpc) is 2.37. The fourth-order valence-electron chi connectivity index (χ4n) is 1.53. The molecule has 0 bridgehead atoms. The number of halogens is 1. The summed E-state index contributed by atoms with van der Waals surface area (Å²) < 4.78 is 3.40. The third-order valence-corrected chi connectivity index (χ3v) is 3.64. The molecule has 0 heterocycles. The van der Waals surface area contributed by atoms with E-state index in [-0.39, 0.29) is 12.2 Å². The van der Waals surface area contributed by atoms with Crippen molar-refractivity contribution in [3.05, 3.63) is 24.8 Å². The summed E-state index contributed by atoms with van der Waals surface area (Å²) in [4.78, 5) is 23.7. The SMILES string of the molecule is C=CCC(Br)(C(=O)CCC/C=C\CC)C(=O)OC. The van der Waals surface area contributed by atoms with Crippen LogP contribution in [0.2, 0.25) is 0 Å². The Morgan fingerprint density at radius 2 is 2.06 bits per heavy atom. The predicted molar refractivity (Wildman–Crippen MR) is 76.8 cm³/mol. The van der Waals surface area contributed by atoms with Crippen molar-refractivity contribution < 1.29 is 14.3 Å². The highest BCUT2D eigenvalue weighted by molar-refractivity contribution is 9.10. The lowest BCUT2D eigenvalue weighted by atomic mass is 9.96. The molecule has 0 aliphatic heterocycles. The van der Waals surface area contributed by atoms with Gasteiger partial charge in [0.05, 0.1) is 7.11 Å². The first-order valence-corrected chi connectivity index (χ1v) is 6.88. The van der Waals surface area contributed by atoms with Gasteiger partial charge in [-0.25, -0.2) is 0 Å². The molecule has 0 aromatic heterocycles. The minimum atomic E-state index is -1.27. The number of methoxy groups -OCH3 is 1. The summed E-state index contributed by atoms with van der Waals surface area (Å²) in [5, 5.41) is 0. The molecule has 0 radical (unpaired) electrons. The van der Waals surface area contributed by atoms with Gasteiger partial charge in [-0.2, -0.15) is 0 Å². The molecular formula is C14H21BrO3. The molecule has 18 heavy (non-hydrogen) atoms. The molecule has 4 heteroatoms. The fraction of sp³-hybridized carbons (Fsp3) is 0.571. The van der Waals surface area contributed by atoms with Crippen LogP contribution in [0.3, 0.4) is 0 Å². The lowest BCUT2D eigenvalue weighted by Crippen LogP contribution is -2.41.